The molecule has 0 saturated heterocycles. The van der Waals surface area contributed by atoms with E-state index in [1.165, 1.54) is 288 Å². The Bertz CT molecular complexity index is 2240. The fraction of sp³-hybridized carbons (Fsp3) is 0.902. The third-order valence-electron chi connectivity index (χ3n) is 21.8. The molecular weight excluding hydrogens is 1740 g/mol. The molecule has 2 aromatic rings. The third-order valence-corrected chi connectivity index (χ3v) is 42.0. The van der Waals surface area contributed by atoms with Gasteiger partial charge >= 0.3 is 47.5 Å². The second-order valence-corrected chi connectivity index (χ2v) is 55.4. The predicted molar refractivity (Wildman–Crippen MR) is 519 cm³/mol. The first kappa shape index (κ1) is 136. The van der Waals surface area contributed by atoms with Gasteiger partial charge in [-0.3, -0.25) is 0 Å². The number of unbranched alkanes of at least 4 members (excludes halogenated alkanes) is 32. The molecule has 0 amide bonds. The summed E-state index contributed by atoms with van der Waals surface area (Å²) in [4.78, 5) is 0. The maximum absolute atomic E-state index is 10.7. The number of imidazole rings is 1. The molecule has 0 N–H and O–H groups in total. The molecule has 1 aromatic heterocycles. The maximum atomic E-state index is 9.87. The zero-order chi connectivity index (χ0) is 92.3. The van der Waals surface area contributed by atoms with Crippen LogP contribution in [-0.2, 0) is 23.7 Å². The molecular formula is C92H192B2BrF14N2O3P5S. The SMILES string of the molecule is CCCCCCCCCCCCCC[P+](CCCCCC)(CCCCCC)CCCCCC.CCCC[P+](CCCC)(CCCC)CCCC.CCCC[P+](CCCC)(CCCC)CCCC.CCCC[P+](CCCC)(CCCC)CCCC.CS(=O)(=O)[O-].Cn1cc[n+](Cc2ccccc2)c1.F[B-](F)(F)F.F[B-](F)(F)F.F[P-](F)(F)(F)(F)F.[Br-]. The normalized spacial score (nSPS) is 12.3. The Morgan fingerprint density at radius 3 is 0.600 bits per heavy atom. The summed E-state index contributed by atoms with van der Waals surface area (Å²) in [6.45, 7) is 38.6. The number of aromatic nitrogens is 2. The first-order chi connectivity index (χ1) is 55.8. The standard InChI is InChI=1S/C32H68P.3C16H36P.C11H13N2.CH4O3S.2BF4.BrH.F6P/c1-5-9-13-17-18-19-20-21-22-23-24-28-32-33(29-25-14-10-6-2,30-26-15-11-7-3)31-27-16-12-8-4;3*1-5-9-13-17(14-10-6-2,15-11-7-3)16-12-8-4;1-12-7-8-13(10-12)9-11-5-3-2-4-6-11;1-5(2,3)4;2*2-1(3,4)5;;1-7(2,3,4,5)6/h5-32H2,1-4H3;3*5-16H2,1-4H3;2-8,10H,9H2,1H3;1H3,(H,2,3,4);;;1H;/q5*+1;;2*-1;;-1/p-2. The van der Waals surface area contributed by atoms with Gasteiger partial charge in [0.15, 0.2) is 0 Å². The molecule has 5 nitrogen and oxygen atoms in total. The van der Waals surface area contributed by atoms with Crippen molar-refractivity contribution in [3.63, 3.8) is 0 Å². The van der Waals surface area contributed by atoms with Gasteiger partial charge in [-0.05, 0) is 134 Å². The van der Waals surface area contributed by atoms with Crippen molar-refractivity contribution in [3.05, 3.63) is 54.6 Å². The predicted octanol–water partition coefficient (Wildman–Crippen LogP) is 34.6. The Morgan fingerprint density at radius 2 is 0.450 bits per heavy atom. The number of rotatable bonds is 66. The molecule has 120 heavy (non-hydrogen) atoms. The Labute approximate surface area is 747 Å². The van der Waals surface area contributed by atoms with Crippen molar-refractivity contribution in [2.45, 2.75) is 426 Å². The summed E-state index contributed by atoms with van der Waals surface area (Å²) in [6.07, 6.45) is 103. The molecule has 730 valence electrons. The molecule has 0 unspecified atom stereocenters. The molecule has 1 heterocycles. The molecule has 0 bridgehead atoms. The van der Waals surface area contributed by atoms with Crippen LogP contribution in [0.4, 0.5) is 59.7 Å². The van der Waals surface area contributed by atoms with Crippen LogP contribution in [0.2, 0.25) is 0 Å². The molecule has 0 aliphatic heterocycles. The number of nitrogens with zero attached hydrogens (tertiary/aromatic N) is 2. The van der Waals surface area contributed by atoms with Crippen molar-refractivity contribution in [3.8, 4) is 0 Å². The third kappa shape index (κ3) is 118. The second-order valence-electron chi connectivity index (χ2n) is 34.1. The van der Waals surface area contributed by atoms with Crippen molar-refractivity contribution in [2.24, 2.45) is 7.05 Å². The van der Waals surface area contributed by atoms with Gasteiger partial charge in [-0.1, -0.05) is 321 Å². The zero-order valence-corrected chi connectivity index (χ0v) is 87.5. The summed E-state index contributed by atoms with van der Waals surface area (Å²) >= 11 is 0. The first-order valence-corrected chi connectivity index (χ1v) is 62.4. The molecule has 0 saturated carbocycles. The summed E-state index contributed by atoms with van der Waals surface area (Å²) in [6, 6.07) is 10.5. The molecule has 28 heteroatoms. The molecule has 0 aliphatic rings. The number of halogens is 15. The van der Waals surface area contributed by atoms with E-state index in [1.54, 1.807) is 124 Å². The topological polar surface area (TPSA) is 66.0 Å². The van der Waals surface area contributed by atoms with Gasteiger partial charge in [0.25, 0.3) is 0 Å². The smallest absolute Gasteiger partial charge is 1.00 e. The van der Waals surface area contributed by atoms with E-state index in [0.717, 1.165) is 6.54 Å². The quantitative estimate of drug-likeness (QED) is 0.0166. The summed E-state index contributed by atoms with van der Waals surface area (Å²) in [7, 11) is -26.9. The van der Waals surface area contributed by atoms with Gasteiger partial charge in [-0.15, -0.1) is 0 Å². The van der Waals surface area contributed by atoms with E-state index in [0.29, 0.717) is 6.26 Å². The molecule has 0 atom stereocenters. The number of hydrogen-bond donors (Lipinski definition) is 0. The van der Waals surface area contributed by atoms with E-state index in [-0.39, 0.29) is 17.0 Å². The first-order valence-electron chi connectivity index (χ1n) is 48.4. The number of benzene rings is 1. The van der Waals surface area contributed by atoms with E-state index in [9.17, 15) is 59.7 Å². The van der Waals surface area contributed by atoms with Crippen LogP contribution in [0.5, 0.6) is 0 Å². The van der Waals surface area contributed by atoms with Gasteiger partial charge in [-0.25, -0.2) is 17.6 Å². The Balaban J connectivity index is -0.000000209. The van der Waals surface area contributed by atoms with Gasteiger partial charge in [0.2, 0.25) is 6.33 Å². The van der Waals surface area contributed by atoms with Crippen molar-refractivity contribution >= 4 is 61.5 Å². The summed E-state index contributed by atoms with van der Waals surface area (Å²) in [5.41, 5.74) is 1.33. The van der Waals surface area contributed by atoms with Gasteiger partial charge in [0.05, 0.1) is 116 Å². The summed E-state index contributed by atoms with van der Waals surface area (Å²) < 4.78 is 169. The Kier molecular flexibility index (Phi) is 97.0. The fourth-order valence-electron chi connectivity index (χ4n) is 14.9. The van der Waals surface area contributed by atoms with Gasteiger partial charge in [0.1, 0.15) is 18.9 Å². The van der Waals surface area contributed by atoms with Crippen LogP contribution in [0.1, 0.15) is 425 Å². The number of aryl methyl sites for hydroxylation is 1. The van der Waals surface area contributed by atoms with Crippen LogP contribution in [0.3, 0.4) is 0 Å². The van der Waals surface area contributed by atoms with E-state index >= 15 is 0 Å². The molecule has 0 fully saturated rings. The van der Waals surface area contributed by atoms with Crippen molar-refractivity contribution in [1.29, 1.82) is 0 Å². The van der Waals surface area contributed by atoms with Crippen molar-refractivity contribution < 1.29 is 94.2 Å². The fourth-order valence-corrected chi connectivity index (χ4v) is 35.7. The van der Waals surface area contributed by atoms with E-state index < -0.39 is 61.5 Å². The van der Waals surface area contributed by atoms with Crippen LogP contribution in [0, 0.1) is 0 Å². The minimum atomic E-state index is -10.7. The molecule has 2 rings (SSSR count). The minimum absolute atomic E-state index is 0. The van der Waals surface area contributed by atoms with E-state index in [1.807, 2.05) is 23.9 Å². The zero-order valence-electron chi connectivity index (χ0n) is 80.7. The van der Waals surface area contributed by atoms with Gasteiger partial charge in [0, 0.05) is 35.3 Å². The molecule has 0 spiro atoms. The summed E-state index contributed by atoms with van der Waals surface area (Å²) in [5, 5.41) is 0. The minimum Gasteiger partial charge on any atom is -1.00 e. The average Bonchev–Trinajstić information content (AvgIpc) is 1.03. The average molecular weight is 1930 g/mol. The Hall–Kier alpha value is 0.120. The van der Waals surface area contributed by atoms with Crippen molar-refractivity contribution in [1.82, 2.24) is 4.57 Å². The van der Waals surface area contributed by atoms with Gasteiger partial charge in [-0.2, -0.15) is 0 Å². The summed E-state index contributed by atoms with van der Waals surface area (Å²) in [5.74, 6) is 0. The molecule has 0 radical (unpaired) electrons. The van der Waals surface area contributed by atoms with Crippen LogP contribution >= 0.6 is 36.9 Å². The monoisotopic (exact) mass is 1930 g/mol. The van der Waals surface area contributed by atoms with Crippen LogP contribution in [0.15, 0.2) is 49.1 Å². The number of hydrogen-bond acceptors (Lipinski definition) is 3. The van der Waals surface area contributed by atoms with Crippen LogP contribution < -0.4 is 21.5 Å². The molecule has 1 aromatic carbocycles. The van der Waals surface area contributed by atoms with Crippen LogP contribution in [0.25, 0.3) is 0 Å². The van der Waals surface area contributed by atoms with Crippen molar-refractivity contribution in [2.75, 3.05) is 105 Å². The largest absolute Gasteiger partial charge is 1.00 e. The second kappa shape index (κ2) is 85.9. The van der Waals surface area contributed by atoms with Crippen LogP contribution in [-0.4, -0.2) is 137 Å². The maximum Gasteiger partial charge on any atom is -1.00 e. The van der Waals surface area contributed by atoms with E-state index in [4.69, 9.17) is 13.0 Å². The molecule has 0 aliphatic carbocycles. The van der Waals surface area contributed by atoms with Gasteiger partial charge < -0.3 is 56.1 Å². The van der Waals surface area contributed by atoms with E-state index in [2.05, 4.69) is 152 Å². The Morgan fingerprint density at radius 1 is 0.308 bits per heavy atom.